The summed E-state index contributed by atoms with van der Waals surface area (Å²) in [6.45, 7) is 11.5. The van der Waals surface area contributed by atoms with E-state index in [4.69, 9.17) is 0 Å². The molecule has 3 aromatic rings. The van der Waals surface area contributed by atoms with Crippen LogP contribution >= 0.6 is 0 Å². The normalized spacial score (nSPS) is 20.7. The molecule has 5 rings (SSSR count). The van der Waals surface area contributed by atoms with Crippen molar-refractivity contribution in [3.05, 3.63) is 59.3 Å². The number of nitrogens with zero attached hydrogens (tertiary/aromatic N) is 4. The van der Waals surface area contributed by atoms with Crippen molar-refractivity contribution < 1.29 is 14.0 Å². The molecule has 0 bridgehead atoms. The van der Waals surface area contributed by atoms with Gasteiger partial charge >= 0.3 is 0 Å². The van der Waals surface area contributed by atoms with Gasteiger partial charge in [-0.2, -0.15) is 0 Å². The average molecular weight is 562 g/mol. The van der Waals surface area contributed by atoms with E-state index in [9.17, 15) is 14.0 Å². The quantitative estimate of drug-likeness (QED) is 0.402. The van der Waals surface area contributed by atoms with Crippen LogP contribution in [0.1, 0.15) is 67.9 Å². The molecule has 1 aliphatic carbocycles. The zero-order valence-electron chi connectivity index (χ0n) is 25.3. The fourth-order valence-electron chi connectivity index (χ4n) is 7.00. The number of fused-ring (bicyclic) bond motifs is 1. The summed E-state index contributed by atoms with van der Waals surface area (Å²) in [6, 6.07) is 4.46. The van der Waals surface area contributed by atoms with Crippen molar-refractivity contribution >= 4 is 22.7 Å². The molecule has 41 heavy (non-hydrogen) atoms. The molecule has 8 heteroatoms. The van der Waals surface area contributed by atoms with Crippen LogP contribution in [0.2, 0.25) is 0 Å². The Hall–Kier alpha value is -3.26. The minimum atomic E-state index is -0.426. The lowest BCUT2D eigenvalue weighted by atomic mass is 9.75. The van der Waals surface area contributed by atoms with Crippen LogP contribution in [0.3, 0.4) is 0 Å². The highest BCUT2D eigenvalue weighted by Crippen LogP contribution is 2.40. The van der Waals surface area contributed by atoms with E-state index in [0.29, 0.717) is 17.2 Å². The predicted molar refractivity (Wildman–Crippen MR) is 161 cm³/mol. The maximum Gasteiger partial charge on any atom is 0.256 e. The Kier molecular flexibility index (Phi) is 8.24. The molecular formula is C33H44FN5O2. The SMILES string of the molecule is CNC(=O)C1CCC(CN2CC(C)(Cc3cn(-c4ccc(F)cc4C(=O)N(C)C(C)C)c4cncc(C)c34)C2)CC1. The first-order valence-corrected chi connectivity index (χ1v) is 14.9. The average Bonchev–Trinajstić information content (AvgIpc) is 3.30. The van der Waals surface area contributed by atoms with Crippen molar-refractivity contribution in [3.8, 4) is 5.69 Å². The van der Waals surface area contributed by atoms with Gasteiger partial charge in [-0.1, -0.05) is 6.92 Å². The summed E-state index contributed by atoms with van der Waals surface area (Å²) in [4.78, 5) is 34.1. The zero-order valence-corrected chi connectivity index (χ0v) is 25.3. The second-order valence-corrected chi connectivity index (χ2v) is 13.0. The number of hydrogen-bond donors (Lipinski definition) is 1. The number of aryl methyl sites for hydroxylation is 1. The molecule has 1 saturated heterocycles. The number of halogens is 1. The van der Waals surface area contributed by atoms with Crippen LogP contribution < -0.4 is 5.32 Å². The number of amides is 2. The van der Waals surface area contributed by atoms with Crippen LogP contribution in [0, 0.1) is 30.0 Å². The number of aromatic nitrogens is 2. The molecule has 220 valence electrons. The van der Waals surface area contributed by atoms with Gasteiger partial charge < -0.3 is 19.7 Å². The highest BCUT2D eigenvalue weighted by atomic mass is 19.1. The molecule has 1 N–H and O–H groups in total. The molecule has 0 atom stereocenters. The lowest BCUT2D eigenvalue weighted by molar-refractivity contribution is -0.125. The molecule has 1 aliphatic heterocycles. The van der Waals surface area contributed by atoms with Crippen LogP contribution in [-0.2, 0) is 11.2 Å². The minimum absolute atomic E-state index is 0.00751. The summed E-state index contributed by atoms with van der Waals surface area (Å²) in [7, 11) is 3.48. The third kappa shape index (κ3) is 5.89. The Morgan fingerprint density at radius 1 is 1.17 bits per heavy atom. The van der Waals surface area contributed by atoms with Crippen LogP contribution in [0.5, 0.6) is 0 Å². The van der Waals surface area contributed by atoms with Gasteiger partial charge in [0.05, 0.1) is 23.0 Å². The summed E-state index contributed by atoms with van der Waals surface area (Å²) >= 11 is 0. The van der Waals surface area contributed by atoms with Crippen molar-refractivity contribution in [1.29, 1.82) is 0 Å². The number of rotatable bonds is 8. The fraction of sp³-hybridized carbons (Fsp3) is 0.545. The van der Waals surface area contributed by atoms with E-state index >= 15 is 0 Å². The largest absolute Gasteiger partial charge is 0.359 e. The maximum absolute atomic E-state index is 14.4. The van der Waals surface area contributed by atoms with E-state index in [1.165, 1.54) is 17.7 Å². The van der Waals surface area contributed by atoms with Gasteiger partial charge in [0, 0.05) is 63.5 Å². The molecule has 2 fully saturated rings. The third-order valence-electron chi connectivity index (χ3n) is 9.33. The fourth-order valence-corrected chi connectivity index (χ4v) is 7.00. The summed E-state index contributed by atoms with van der Waals surface area (Å²) in [6.07, 6.45) is 11.0. The topological polar surface area (TPSA) is 70.5 Å². The first kappa shape index (κ1) is 29.2. The molecule has 1 saturated carbocycles. The molecule has 7 nitrogen and oxygen atoms in total. The van der Waals surface area contributed by atoms with E-state index in [2.05, 4.69) is 35.2 Å². The van der Waals surface area contributed by atoms with Gasteiger partial charge in [-0.3, -0.25) is 14.6 Å². The number of nitrogens with one attached hydrogen (secondary N) is 1. The van der Waals surface area contributed by atoms with Crippen molar-refractivity contribution in [2.75, 3.05) is 33.7 Å². The predicted octanol–water partition coefficient (Wildman–Crippen LogP) is 5.37. The second-order valence-electron chi connectivity index (χ2n) is 13.0. The Bertz CT molecular complexity index is 1430. The van der Waals surface area contributed by atoms with Crippen molar-refractivity contribution in [2.24, 2.45) is 17.3 Å². The summed E-state index contributed by atoms with van der Waals surface area (Å²) in [5.41, 5.74) is 4.42. The molecule has 0 spiro atoms. The number of hydrogen-bond acceptors (Lipinski definition) is 4. The van der Waals surface area contributed by atoms with E-state index in [1.54, 1.807) is 25.1 Å². The number of benzene rings is 1. The van der Waals surface area contributed by atoms with Gasteiger partial charge in [0.25, 0.3) is 5.91 Å². The number of likely N-dealkylation sites (tertiary alicyclic amines) is 1. The van der Waals surface area contributed by atoms with E-state index in [0.717, 1.165) is 68.2 Å². The lowest BCUT2D eigenvalue weighted by Crippen LogP contribution is -2.57. The van der Waals surface area contributed by atoms with Gasteiger partial charge in [0.2, 0.25) is 5.91 Å². The Labute approximate surface area is 243 Å². The molecule has 0 unspecified atom stereocenters. The van der Waals surface area contributed by atoms with Crippen molar-refractivity contribution in [2.45, 2.75) is 65.8 Å². The van der Waals surface area contributed by atoms with Crippen molar-refractivity contribution in [1.82, 2.24) is 24.7 Å². The number of carbonyl (C=O) groups is 2. The van der Waals surface area contributed by atoms with Crippen LogP contribution in [-0.4, -0.2) is 70.9 Å². The summed E-state index contributed by atoms with van der Waals surface area (Å²) in [5.74, 6) is 0.396. The Balaban J connectivity index is 1.36. The minimum Gasteiger partial charge on any atom is -0.359 e. The van der Waals surface area contributed by atoms with E-state index < -0.39 is 5.82 Å². The van der Waals surface area contributed by atoms with Gasteiger partial charge in [0.15, 0.2) is 0 Å². The molecule has 2 aliphatic rings. The van der Waals surface area contributed by atoms with Crippen LogP contribution in [0.25, 0.3) is 16.6 Å². The standard InChI is InChI=1S/C33H44FN5O2/c1-21(2)37(6)32(41)27-13-26(34)11-12-28(27)39-18-25(30-22(3)15-36-16-29(30)39)14-33(4)19-38(20-33)17-23-7-9-24(10-8-23)31(40)35-5/h11-13,15-16,18,21,23-24H,7-10,14,17,19-20H2,1-6H3,(H,35,40). The summed E-state index contributed by atoms with van der Waals surface area (Å²) in [5, 5.41) is 3.96. The molecule has 1 aromatic carbocycles. The maximum atomic E-state index is 14.4. The van der Waals surface area contributed by atoms with Crippen molar-refractivity contribution in [3.63, 3.8) is 0 Å². The molecule has 2 aromatic heterocycles. The monoisotopic (exact) mass is 561 g/mol. The highest BCUT2D eigenvalue weighted by Gasteiger charge is 2.40. The second kappa shape index (κ2) is 11.6. The first-order valence-electron chi connectivity index (χ1n) is 14.9. The summed E-state index contributed by atoms with van der Waals surface area (Å²) < 4.78 is 16.4. The molecule has 3 heterocycles. The molecule has 0 radical (unpaired) electrons. The number of pyridine rings is 1. The molecular weight excluding hydrogens is 517 g/mol. The third-order valence-corrected chi connectivity index (χ3v) is 9.33. The van der Waals surface area contributed by atoms with Crippen LogP contribution in [0.15, 0.2) is 36.8 Å². The first-order chi connectivity index (χ1) is 19.5. The number of carbonyl (C=O) groups excluding carboxylic acids is 2. The Morgan fingerprint density at radius 2 is 1.88 bits per heavy atom. The highest BCUT2D eigenvalue weighted by molar-refractivity contribution is 5.99. The lowest BCUT2D eigenvalue weighted by Gasteiger charge is -2.50. The van der Waals surface area contributed by atoms with E-state index in [1.807, 2.05) is 30.8 Å². The smallest absolute Gasteiger partial charge is 0.256 e. The Morgan fingerprint density at radius 3 is 2.54 bits per heavy atom. The van der Waals surface area contributed by atoms with E-state index in [-0.39, 0.29) is 29.2 Å². The van der Waals surface area contributed by atoms with Gasteiger partial charge in [-0.05, 0) is 93.5 Å². The van der Waals surface area contributed by atoms with Gasteiger partial charge in [0.1, 0.15) is 5.82 Å². The van der Waals surface area contributed by atoms with Crippen LogP contribution in [0.4, 0.5) is 4.39 Å². The molecule has 2 amide bonds. The van der Waals surface area contributed by atoms with Gasteiger partial charge in [-0.15, -0.1) is 0 Å². The van der Waals surface area contributed by atoms with Gasteiger partial charge in [-0.25, -0.2) is 4.39 Å². The zero-order chi connectivity index (χ0) is 29.5.